The van der Waals surface area contributed by atoms with E-state index in [1.54, 1.807) is 0 Å². The lowest BCUT2D eigenvalue weighted by atomic mass is 9.99. The van der Waals surface area contributed by atoms with Gasteiger partial charge in [-0.2, -0.15) is 0 Å². The van der Waals surface area contributed by atoms with Crippen molar-refractivity contribution in [2.45, 2.75) is 46.1 Å². The number of hydrogen-bond acceptors (Lipinski definition) is 4. The molecule has 2 rings (SSSR count). The number of piperazine rings is 1. The van der Waals surface area contributed by atoms with Crippen molar-refractivity contribution in [1.29, 1.82) is 0 Å². The molecule has 2 heterocycles. The Kier molecular flexibility index (Phi) is 5.64. The molecule has 0 aliphatic carbocycles. The van der Waals surface area contributed by atoms with Crippen LogP contribution in [0.5, 0.6) is 0 Å². The van der Waals surface area contributed by atoms with Gasteiger partial charge in [-0.05, 0) is 33.3 Å². The standard InChI is InChI=1S/C17H28N2O3/c1-5-15(20)11-18-6-8-19(9-7-18)17(21)13(3)16-10-12(2)22-14(16)4/h10,13,15,20H,5-9,11H2,1-4H3/t13-,15-/m0/s1. The number of carbonyl (C=O) groups excluding carboxylic acids is 1. The van der Waals surface area contributed by atoms with E-state index in [-0.39, 0.29) is 17.9 Å². The fraction of sp³-hybridized carbons (Fsp3) is 0.706. The van der Waals surface area contributed by atoms with Crippen LogP contribution < -0.4 is 0 Å². The number of carbonyl (C=O) groups is 1. The molecule has 1 saturated heterocycles. The van der Waals surface area contributed by atoms with Crippen LogP contribution in [0.2, 0.25) is 0 Å². The van der Waals surface area contributed by atoms with Gasteiger partial charge in [-0.3, -0.25) is 9.69 Å². The van der Waals surface area contributed by atoms with E-state index in [4.69, 9.17) is 4.42 Å². The molecular formula is C17H28N2O3. The van der Waals surface area contributed by atoms with E-state index in [1.807, 2.05) is 38.7 Å². The minimum atomic E-state index is -0.266. The van der Waals surface area contributed by atoms with Gasteiger partial charge < -0.3 is 14.4 Å². The van der Waals surface area contributed by atoms with Crippen LogP contribution in [0.15, 0.2) is 10.5 Å². The molecule has 0 unspecified atom stereocenters. The third-order valence-electron chi connectivity index (χ3n) is 4.54. The predicted molar refractivity (Wildman–Crippen MR) is 85.9 cm³/mol. The molecule has 1 aliphatic heterocycles. The van der Waals surface area contributed by atoms with Crippen molar-refractivity contribution in [3.05, 3.63) is 23.2 Å². The molecular weight excluding hydrogens is 280 g/mol. The van der Waals surface area contributed by atoms with Crippen molar-refractivity contribution in [1.82, 2.24) is 9.80 Å². The molecule has 5 nitrogen and oxygen atoms in total. The van der Waals surface area contributed by atoms with Gasteiger partial charge in [-0.1, -0.05) is 6.92 Å². The average Bonchev–Trinajstić information content (AvgIpc) is 2.85. The van der Waals surface area contributed by atoms with Crippen LogP contribution >= 0.6 is 0 Å². The van der Waals surface area contributed by atoms with Gasteiger partial charge in [0, 0.05) is 38.3 Å². The van der Waals surface area contributed by atoms with Crippen molar-refractivity contribution in [2.24, 2.45) is 0 Å². The van der Waals surface area contributed by atoms with E-state index in [2.05, 4.69) is 4.90 Å². The summed E-state index contributed by atoms with van der Waals surface area (Å²) in [6, 6.07) is 1.96. The number of nitrogens with zero attached hydrogens (tertiary/aromatic N) is 2. The molecule has 1 aromatic heterocycles. The van der Waals surface area contributed by atoms with E-state index in [9.17, 15) is 9.90 Å². The van der Waals surface area contributed by atoms with Gasteiger partial charge in [-0.15, -0.1) is 0 Å². The lowest BCUT2D eigenvalue weighted by Crippen LogP contribution is -2.51. The van der Waals surface area contributed by atoms with Crippen LogP contribution in [0, 0.1) is 13.8 Å². The number of furan rings is 1. The van der Waals surface area contributed by atoms with Gasteiger partial charge in [0.1, 0.15) is 11.5 Å². The number of aliphatic hydroxyl groups excluding tert-OH is 1. The number of hydrogen-bond donors (Lipinski definition) is 1. The Bertz CT molecular complexity index is 504. The molecule has 0 spiro atoms. The Hall–Kier alpha value is -1.33. The monoisotopic (exact) mass is 308 g/mol. The van der Waals surface area contributed by atoms with Gasteiger partial charge >= 0.3 is 0 Å². The molecule has 0 bridgehead atoms. The Balaban J connectivity index is 1.91. The number of aryl methyl sites for hydroxylation is 2. The number of aliphatic hydroxyl groups is 1. The second-order valence-electron chi connectivity index (χ2n) is 6.28. The fourth-order valence-electron chi connectivity index (χ4n) is 3.07. The highest BCUT2D eigenvalue weighted by Crippen LogP contribution is 2.25. The average molecular weight is 308 g/mol. The molecule has 124 valence electrons. The van der Waals surface area contributed by atoms with E-state index >= 15 is 0 Å². The van der Waals surface area contributed by atoms with Crippen molar-refractivity contribution >= 4 is 5.91 Å². The quantitative estimate of drug-likeness (QED) is 0.903. The summed E-state index contributed by atoms with van der Waals surface area (Å²) in [5.74, 6) is 1.69. The second kappa shape index (κ2) is 7.29. The fourth-order valence-corrected chi connectivity index (χ4v) is 3.07. The molecule has 1 aromatic rings. The molecule has 0 radical (unpaired) electrons. The van der Waals surface area contributed by atoms with E-state index in [0.717, 1.165) is 49.7 Å². The third-order valence-corrected chi connectivity index (χ3v) is 4.54. The summed E-state index contributed by atoms with van der Waals surface area (Å²) in [4.78, 5) is 16.8. The maximum absolute atomic E-state index is 12.7. The topological polar surface area (TPSA) is 56.9 Å². The highest BCUT2D eigenvalue weighted by molar-refractivity contribution is 5.83. The minimum absolute atomic E-state index is 0.162. The number of rotatable bonds is 5. The summed E-state index contributed by atoms with van der Waals surface area (Å²) < 4.78 is 5.54. The summed E-state index contributed by atoms with van der Waals surface area (Å²) in [6.07, 6.45) is 0.507. The van der Waals surface area contributed by atoms with E-state index in [1.165, 1.54) is 0 Å². The maximum atomic E-state index is 12.7. The molecule has 0 saturated carbocycles. The lowest BCUT2D eigenvalue weighted by Gasteiger charge is -2.36. The number of amides is 1. The summed E-state index contributed by atoms with van der Waals surface area (Å²) >= 11 is 0. The Labute approximate surface area is 132 Å². The van der Waals surface area contributed by atoms with Crippen LogP contribution in [-0.2, 0) is 4.79 Å². The molecule has 1 aliphatic rings. The Morgan fingerprint density at radius 2 is 1.95 bits per heavy atom. The maximum Gasteiger partial charge on any atom is 0.230 e. The zero-order valence-electron chi connectivity index (χ0n) is 14.1. The van der Waals surface area contributed by atoms with Crippen LogP contribution in [0.1, 0.15) is 43.3 Å². The highest BCUT2D eigenvalue weighted by Gasteiger charge is 2.28. The van der Waals surface area contributed by atoms with E-state index < -0.39 is 0 Å². The van der Waals surface area contributed by atoms with Crippen molar-refractivity contribution < 1.29 is 14.3 Å². The molecule has 22 heavy (non-hydrogen) atoms. The first kappa shape index (κ1) is 17.0. The summed E-state index contributed by atoms with van der Waals surface area (Å²) in [7, 11) is 0. The smallest absolute Gasteiger partial charge is 0.230 e. The van der Waals surface area contributed by atoms with Crippen LogP contribution in [-0.4, -0.2) is 59.6 Å². The highest BCUT2D eigenvalue weighted by atomic mass is 16.3. The molecule has 1 fully saturated rings. The zero-order chi connectivity index (χ0) is 16.3. The molecule has 1 N–H and O–H groups in total. The number of β-amino-alcohol motifs (C(OH)–C–C–N with tert-alkyl or cyclic N) is 1. The second-order valence-corrected chi connectivity index (χ2v) is 6.28. The largest absolute Gasteiger partial charge is 0.466 e. The summed E-state index contributed by atoms with van der Waals surface area (Å²) in [5.41, 5.74) is 0.992. The minimum Gasteiger partial charge on any atom is -0.466 e. The van der Waals surface area contributed by atoms with Crippen LogP contribution in [0.3, 0.4) is 0 Å². The van der Waals surface area contributed by atoms with Crippen molar-refractivity contribution in [3.63, 3.8) is 0 Å². The molecule has 1 amide bonds. The normalized spacial score (nSPS) is 19.2. The first-order chi connectivity index (χ1) is 10.4. The van der Waals surface area contributed by atoms with E-state index in [0.29, 0.717) is 6.54 Å². The van der Waals surface area contributed by atoms with Gasteiger partial charge in [0.05, 0.1) is 12.0 Å². The summed E-state index contributed by atoms with van der Waals surface area (Å²) in [6.45, 7) is 11.6. The van der Waals surface area contributed by atoms with Gasteiger partial charge in [0.25, 0.3) is 0 Å². The van der Waals surface area contributed by atoms with Crippen molar-refractivity contribution in [3.8, 4) is 0 Å². The first-order valence-corrected chi connectivity index (χ1v) is 8.18. The molecule has 0 aromatic carbocycles. The van der Waals surface area contributed by atoms with Crippen LogP contribution in [0.25, 0.3) is 0 Å². The zero-order valence-corrected chi connectivity index (χ0v) is 14.1. The Morgan fingerprint density at radius 3 is 2.45 bits per heavy atom. The van der Waals surface area contributed by atoms with Gasteiger partial charge in [0.15, 0.2) is 0 Å². The van der Waals surface area contributed by atoms with Crippen LogP contribution in [0.4, 0.5) is 0 Å². The van der Waals surface area contributed by atoms with Gasteiger partial charge in [-0.25, -0.2) is 0 Å². The van der Waals surface area contributed by atoms with Crippen molar-refractivity contribution in [2.75, 3.05) is 32.7 Å². The lowest BCUT2D eigenvalue weighted by molar-refractivity contribution is -0.134. The van der Waals surface area contributed by atoms with Gasteiger partial charge in [0.2, 0.25) is 5.91 Å². The molecule has 2 atom stereocenters. The first-order valence-electron chi connectivity index (χ1n) is 8.18. The Morgan fingerprint density at radius 1 is 1.32 bits per heavy atom. The summed E-state index contributed by atoms with van der Waals surface area (Å²) in [5, 5.41) is 9.72. The third kappa shape index (κ3) is 3.90. The predicted octanol–water partition coefficient (Wildman–Crippen LogP) is 1.92. The SMILES string of the molecule is CC[C@H](O)CN1CCN(C(=O)[C@@H](C)c2cc(C)oc2C)CC1. The molecule has 5 heteroatoms.